The summed E-state index contributed by atoms with van der Waals surface area (Å²) in [4.78, 5) is 1.23. The topological polar surface area (TPSA) is 21.3 Å². The fourth-order valence-corrected chi connectivity index (χ4v) is 2.46. The number of nitrogens with one attached hydrogen (secondary N) is 1. The SMILES string of the molecule is CCOc1ccc(NC(C)c2cccs2)cc1F. The minimum absolute atomic E-state index is 0.169. The van der Waals surface area contributed by atoms with Crippen LogP contribution in [0.25, 0.3) is 0 Å². The normalized spacial score (nSPS) is 12.2. The highest BCUT2D eigenvalue weighted by Crippen LogP contribution is 2.26. The third-order valence-electron chi connectivity index (χ3n) is 2.58. The standard InChI is InChI=1S/C14H16FNOS/c1-3-17-13-7-6-11(9-12(13)15)16-10(2)14-5-4-8-18-14/h4-10,16H,3H2,1-2H3. The number of hydrogen-bond acceptors (Lipinski definition) is 3. The summed E-state index contributed by atoms with van der Waals surface area (Å²) in [5, 5.41) is 5.30. The predicted octanol–water partition coefficient (Wildman–Crippen LogP) is 4.46. The largest absolute Gasteiger partial charge is 0.491 e. The van der Waals surface area contributed by atoms with Gasteiger partial charge in [0.1, 0.15) is 0 Å². The van der Waals surface area contributed by atoms with E-state index in [2.05, 4.69) is 18.3 Å². The molecular formula is C14H16FNOS. The zero-order chi connectivity index (χ0) is 13.0. The smallest absolute Gasteiger partial charge is 0.167 e. The third kappa shape index (κ3) is 3.01. The molecule has 2 rings (SSSR count). The van der Waals surface area contributed by atoms with E-state index in [1.807, 2.05) is 24.4 Å². The second-order valence-corrected chi connectivity index (χ2v) is 4.94. The molecule has 0 amide bonds. The average molecular weight is 265 g/mol. The first-order chi connectivity index (χ1) is 8.70. The molecule has 0 radical (unpaired) electrons. The van der Waals surface area contributed by atoms with Crippen molar-refractivity contribution in [2.24, 2.45) is 0 Å². The highest BCUT2D eigenvalue weighted by molar-refractivity contribution is 7.10. The first-order valence-electron chi connectivity index (χ1n) is 5.93. The summed E-state index contributed by atoms with van der Waals surface area (Å²) in [6.07, 6.45) is 0. The molecule has 1 aromatic carbocycles. The molecule has 1 heterocycles. The molecule has 0 aliphatic heterocycles. The molecule has 0 aliphatic carbocycles. The average Bonchev–Trinajstić information content (AvgIpc) is 2.86. The van der Waals surface area contributed by atoms with E-state index in [1.54, 1.807) is 17.4 Å². The summed E-state index contributed by atoms with van der Waals surface area (Å²) < 4.78 is 18.8. The van der Waals surface area contributed by atoms with Crippen molar-refractivity contribution in [3.05, 3.63) is 46.4 Å². The minimum atomic E-state index is -0.333. The monoisotopic (exact) mass is 265 g/mol. The Labute approximate surface area is 110 Å². The summed E-state index contributed by atoms with van der Waals surface area (Å²) >= 11 is 1.68. The third-order valence-corrected chi connectivity index (χ3v) is 3.64. The molecule has 96 valence electrons. The number of halogens is 1. The van der Waals surface area contributed by atoms with Gasteiger partial charge in [-0.15, -0.1) is 11.3 Å². The van der Waals surface area contributed by atoms with Crippen LogP contribution < -0.4 is 10.1 Å². The molecule has 0 saturated heterocycles. The molecule has 1 unspecified atom stereocenters. The highest BCUT2D eigenvalue weighted by atomic mass is 32.1. The molecule has 1 atom stereocenters. The van der Waals surface area contributed by atoms with Gasteiger partial charge in [0, 0.05) is 16.6 Å². The Kier molecular flexibility index (Phi) is 4.20. The van der Waals surface area contributed by atoms with Gasteiger partial charge in [0.2, 0.25) is 0 Å². The molecule has 0 aliphatic rings. The second-order valence-electron chi connectivity index (χ2n) is 3.96. The number of hydrogen-bond donors (Lipinski definition) is 1. The van der Waals surface area contributed by atoms with Crippen LogP contribution in [-0.2, 0) is 0 Å². The van der Waals surface area contributed by atoms with Gasteiger partial charge >= 0.3 is 0 Å². The zero-order valence-corrected chi connectivity index (χ0v) is 11.3. The molecule has 2 nitrogen and oxygen atoms in total. The van der Waals surface area contributed by atoms with Gasteiger partial charge in [-0.25, -0.2) is 4.39 Å². The van der Waals surface area contributed by atoms with Crippen molar-refractivity contribution < 1.29 is 9.13 Å². The first kappa shape index (κ1) is 12.9. The van der Waals surface area contributed by atoms with Gasteiger partial charge in [-0.2, -0.15) is 0 Å². The van der Waals surface area contributed by atoms with Crippen LogP contribution in [-0.4, -0.2) is 6.61 Å². The van der Waals surface area contributed by atoms with Crippen LogP contribution in [0.3, 0.4) is 0 Å². The zero-order valence-electron chi connectivity index (χ0n) is 10.4. The van der Waals surface area contributed by atoms with Crippen molar-refractivity contribution in [1.82, 2.24) is 0 Å². The summed E-state index contributed by atoms with van der Waals surface area (Å²) in [6.45, 7) is 4.36. The lowest BCUT2D eigenvalue weighted by Crippen LogP contribution is -2.05. The molecule has 0 fully saturated rings. The fraction of sp³-hybridized carbons (Fsp3) is 0.286. The Morgan fingerprint density at radius 2 is 2.22 bits per heavy atom. The quantitative estimate of drug-likeness (QED) is 0.861. The summed E-state index contributed by atoms with van der Waals surface area (Å²) in [5.74, 6) is -0.0351. The van der Waals surface area contributed by atoms with Gasteiger partial charge in [-0.3, -0.25) is 0 Å². The first-order valence-corrected chi connectivity index (χ1v) is 6.81. The van der Waals surface area contributed by atoms with E-state index in [0.29, 0.717) is 12.4 Å². The molecule has 1 aromatic heterocycles. The fourth-order valence-electron chi connectivity index (χ4n) is 1.72. The van der Waals surface area contributed by atoms with E-state index in [-0.39, 0.29) is 11.9 Å². The number of anilines is 1. The molecule has 0 bridgehead atoms. The Morgan fingerprint density at radius 1 is 1.39 bits per heavy atom. The molecular weight excluding hydrogens is 249 g/mol. The number of ether oxygens (including phenoxy) is 1. The van der Waals surface area contributed by atoms with E-state index in [0.717, 1.165) is 5.69 Å². The van der Waals surface area contributed by atoms with Crippen LogP contribution in [0.2, 0.25) is 0 Å². The van der Waals surface area contributed by atoms with Crippen molar-refractivity contribution in [2.45, 2.75) is 19.9 Å². The Bertz CT molecular complexity index is 499. The molecule has 2 aromatic rings. The number of benzene rings is 1. The predicted molar refractivity (Wildman–Crippen MR) is 73.9 cm³/mol. The van der Waals surface area contributed by atoms with Gasteiger partial charge in [-0.1, -0.05) is 6.07 Å². The van der Waals surface area contributed by atoms with Crippen molar-refractivity contribution in [1.29, 1.82) is 0 Å². The molecule has 18 heavy (non-hydrogen) atoms. The molecule has 0 spiro atoms. The van der Waals surface area contributed by atoms with Crippen LogP contribution in [0, 0.1) is 5.82 Å². The maximum Gasteiger partial charge on any atom is 0.167 e. The van der Waals surface area contributed by atoms with Crippen molar-refractivity contribution in [3.63, 3.8) is 0 Å². The lowest BCUT2D eigenvalue weighted by Gasteiger charge is -2.14. The lowest BCUT2D eigenvalue weighted by atomic mass is 10.2. The summed E-state index contributed by atoms with van der Waals surface area (Å²) in [5.41, 5.74) is 0.761. The highest BCUT2D eigenvalue weighted by Gasteiger charge is 2.08. The number of rotatable bonds is 5. The summed E-state index contributed by atoms with van der Waals surface area (Å²) in [7, 11) is 0. The Morgan fingerprint density at radius 3 is 2.83 bits per heavy atom. The van der Waals surface area contributed by atoms with E-state index in [1.165, 1.54) is 10.9 Å². The maximum atomic E-state index is 13.7. The van der Waals surface area contributed by atoms with Gasteiger partial charge in [-0.05, 0) is 37.4 Å². The maximum absolute atomic E-state index is 13.7. The van der Waals surface area contributed by atoms with Crippen LogP contribution in [0.15, 0.2) is 35.7 Å². The van der Waals surface area contributed by atoms with Crippen LogP contribution in [0.4, 0.5) is 10.1 Å². The van der Waals surface area contributed by atoms with Crippen LogP contribution in [0.1, 0.15) is 24.8 Å². The second kappa shape index (κ2) is 5.87. The van der Waals surface area contributed by atoms with Crippen LogP contribution >= 0.6 is 11.3 Å². The van der Waals surface area contributed by atoms with E-state index in [9.17, 15) is 4.39 Å². The van der Waals surface area contributed by atoms with E-state index < -0.39 is 0 Å². The Hall–Kier alpha value is -1.55. The van der Waals surface area contributed by atoms with E-state index >= 15 is 0 Å². The van der Waals surface area contributed by atoms with Gasteiger partial charge in [0.05, 0.1) is 12.6 Å². The summed E-state index contributed by atoms with van der Waals surface area (Å²) in [6, 6.07) is 9.20. The number of thiophene rings is 1. The van der Waals surface area contributed by atoms with Crippen LogP contribution in [0.5, 0.6) is 5.75 Å². The van der Waals surface area contributed by atoms with Gasteiger partial charge in [0.15, 0.2) is 11.6 Å². The van der Waals surface area contributed by atoms with Crippen molar-refractivity contribution >= 4 is 17.0 Å². The van der Waals surface area contributed by atoms with Gasteiger partial charge < -0.3 is 10.1 Å². The minimum Gasteiger partial charge on any atom is -0.491 e. The lowest BCUT2D eigenvalue weighted by molar-refractivity contribution is 0.321. The van der Waals surface area contributed by atoms with Gasteiger partial charge in [0.25, 0.3) is 0 Å². The van der Waals surface area contributed by atoms with Crippen molar-refractivity contribution in [2.75, 3.05) is 11.9 Å². The van der Waals surface area contributed by atoms with E-state index in [4.69, 9.17) is 4.74 Å². The van der Waals surface area contributed by atoms with Crippen molar-refractivity contribution in [3.8, 4) is 5.75 Å². The molecule has 1 N–H and O–H groups in total. The Balaban J connectivity index is 2.08. The molecule has 4 heteroatoms. The molecule has 0 saturated carbocycles.